The molecule has 2 rings (SSSR count). The lowest BCUT2D eigenvalue weighted by molar-refractivity contribution is 0.0475. The quantitative estimate of drug-likeness (QED) is 0.838. The fourth-order valence-corrected chi connectivity index (χ4v) is 3.06. The maximum absolute atomic E-state index is 12.5. The average Bonchev–Trinajstić information content (AvgIpc) is 2.56. The van der Waals surface area contributed by atoms with Gasteiger partial charge in [-0.3, -0.25) is 4.79 Å². The van der Waals surface area contributed by atoms with Crippen molar-refractivity contribution in [1.29, 1.82) is 0 Å². The standard InChI is InChI=1S/C20H30N2O4/c1-5-25-15-12-10-14(11-13-15)18(23)21-16-8-6-7-9-17(16)22-19(24)26-20(2,3)4/h10-13,16-17H,5-9H2,1-4H3,(H,21,23)(H,22,24). The third-order valence-electron chi connectivity index (χ3n) is 4.21. The number of hydrogen-bond acceptors (Lipinski definition) is 4. The zero-order valence-electron chi connectivity index (χ0n) is 16.1. The van der Waals surface area contributed by atoms with Gasteiger partial charge in [-0.25, -0.2) is 4.79 Å². The summed E-state index contributed by atoms with van der Waals surface area (Å²) < 4.78 is 10.7. The molecule has 26 heavy (non-hydrogen) atoms. The molecule has 0 heterocycles. The molecule has 0 saturated heterocycles. The van der Waals surface area contributed by atoms with E-state index in [1.807, 2.05) is 27.7 Å². The van der Waals surface area contributed by atoms with E-state index >= 15 is 0 Å². The molecule has 0 aliphatic heterocycles. The predicted octanol–water partition coefficient (Wildman–Crippen LogP) is 3.65. The topological polar surface area (TPSA) is 76.7 Å². The van der Waals surface area contributed by atoms with Gasteiger partial charge in [-0.05, 0) is 64.8 Å². The Hall–Kier alpha value is -2.24. The van der Waals surface area contributed by atoms with Crippen LogP contribution in [0.1, 0.15) is 63.7 Å². The molecule has 0 bridgehead atoms. The molecule has 144 valence electrons. The summed E-state index contributed by atoms with van der Waals surface area (Å²) in [7, 11) is 0. The van der Waals surface area contributed by atoms with Crippen LogP contribution in [-0.4, -0.2) is 36.3 Å². The van der Waals surface area contributed by atoms with Crippen LogP contribution in [-0.2, 0) is 4.74 Å². The zero-order chi connectivity index (χ0) is 19.2. The first-order chi connectivity index (χ1) is 12.3. The third kappa shape index (κ3) is 6.24. The van der Waals surface area contributed by atoms with E-state index in [-0.39, 0.29) is 18.0 Å². The van der Waals surface area contributed by atoms with Gasteiger partial charge in [0.2, 0.25) is 0 Å². The van der Waals surface area contributed by atoms with Crippen LogP contribution >= 0.6 is 0 Å². The summed E-state index contributed by atoms with van der Waals surface area (Å²) >= 11 is 0. The van der Waals surface area contributed by atoms with Gasteiger partial charge in [-0.15, -0.1) is 0 Å². The smallest absolute Gasteiger partial charge is 0.407 e. The van der Waals surface area contributed by atoms with Crippen molar-refractivity contribution in [1.82, 2.24) is 10.6 Å². The Balaban J connectivity index is 1.96. The normalized spacial score (nSPS) is 20.2. The Morgan fingerprint density at radius 3 is 2.15 bits per heavy atom. The second kappa shape index (κ2) is 8.92. The number of rotatable bonds is 5. The minimum atomic E-state index is -0.542. The number of ether oxygens (including phenoxy) is 2. The first kappa shape index (κ1) is 20.1. The van der Waals surface area contributed by atoms with Gasteiger partial charge in [-0.1, -0.05) is 12.8 Å². The van der Waals surface area contributed by atoms with Crippen LogP contribution in [0.3, 0.4) is 0 Å². The summed E-state index contributed by atoms with van der Waals surface area (Å²) in [5, 5.41) is 5.97. The van der Waals surface area contributed by atoms with Gasteiger partial charge in [-0.2, -0.15) is 0 Å². The minimum absolute atomic E-state index is 0.102. The van der Waals surface area contributed by atoms with Crippen molar-refractivity contribution in [3.8, 4) is 5.75 Å². The van der Waals surface area contributed by atoms with E-state index in [0.717, 1.165) is 31.4 Å². The molecule has 0 radical (unpaired) electrons. The van der Waals surface area contributed by atoms with Gasteiger partial charge in [0.25, 0.3) is 5.91 Å². The van der Waals surface area contributed by atoms with Crippen molar-refractivity contribution in [2.75, 3.05) is 6.61 Å². The Kier molecular flexibility index (Phi) is 6.89. The lowest BCUT2D eigenvalue weighted by Gasteiger charge is -2.33. The van der Waals surface area contributed by atoms with E-state index in [4.69, 9.17) is 9.47 Å². The maximum Gasteiger partial charge on any atom is 0.407 e. The highest BCUT2D eigenvalue weighted by Gasteiger charge is 2.29. The van der Waals surface area contributed by atoms with Crippen LogP contribution in [0.2, 0.25) is 0 Å². The highest BCUT2D eigenvalue weighted by Crippen LogP contribution is 2.20. The fourth-order valence-electron chi connectivity index (χ4n) is 3.06. The Labute approximate surface area is 155 Å². The van der Waals surface area contributed by atoms with Gasteiger partial charge in [0.1, 0.15) is 11.4 Å². The van der Waals surface area contributed by atoms with E-state index in [1.54, 1.807) is 24.3 Å². The number of nitrogens with one attached hydrogen (secondary N) is 2. The van der Waals surface area contributed by atoms with Crippen molar-refractivity contribution in [3.05, 3.63) is 29.8 Å². The molecule has 1 saturated carbocycles. The Morgan fingerprint density at radius 1 is 1.04 bits per heavy atom. The van der Waals surface area contributed by atoms with E-state index < -0.39 is 11.7 Å². The summed E-state index contributed by atoms with van der Waals surface area (Å²) in [6.07, 6.45) is 3.28. The van der Waals surface area contributed by atoms with E-state index in [2.05, 4.69) is 10.6 Å². The lowest BCUT2D eigenvalue weighted by Crippen LogP contribution is -2.53. The molecule has 0 aromatic heterocycles. The van der Waals surface area contributed by atoms with Crippen LogP contribution in [0.15, 0.2) is 24.3 Å². The lowest BCUT2D eigenvalue weighted by atomic mass is 9.90. The summed E-state index contributed by atoms with van der Waals surface area (Å²) in [5.41, 5.74) is 0.0369. The molecule has 1 aliphatic rings. The van der Waals surface area contributed by atoms with Gasteiger partial charge in [0.15, 0.2) is 0 Å². The van der Waals surface area contributed by atoms with Crippen molar-refractivity contribution < 1.29 is 19.1 Å². The molecule has 0 spiro atoms. The summed E-state index contributed by atoms with van der Waals surface area (Å²) in [6.45, 7) is 8.00. The molecule has 6 heteroatoms. The van der Waals surface area contributed by atoms with Crippen LogP contribution < -0.4 is 15.4 Å². The Morgan fingerprint density at radius 2 is 1.62 bits per heavy atom. The van der Waals surface area contributed by atoms with E-state index in [1.165, 1.54) is 0 Å². The van der Waals surface area contributed by atoms with E-state index in [9.17, 15) is 9.59 Å². The van der Waals surface area contributed by atoms with Crippen molar-refractivity contribution in [2.24, 2.45) is 0 Å². The highest BCUT2D eigenvalue weighted by atomic mass is 16.6. The molecule has 2 unspecified atom stereocenters. The monoisotopic (exact) mass is 362 g/mol. The van der Waals surface area contributed by atoms with Crippen molar-refractivity contribution >= 4 is 12.0 Å². The van der Waals surface area contributed by atoms with Crippen LogP contribution in [0.25, 0.3) is 0 Å². The van der Waals surface area contributed by atoms with Crippen LogP contribution in [0.5, 0.6) is 5.75 Å². The van der Waals surface area contributed by atoms with Gasteiger partial charge >= 0.3 is 6.09 Å². The molecule has 1 aromatic carbocycles. The molecule has 1 aromatic rings. The number of hydrogen-bond donors (Lipinski definition) is 2. The number of carbonyl (C=O) groups is 2. The minimum Gasteiger partial charge on any atom is -0.494 e. The zero-order valence-corrected chi connectivity index (χ0v) is 16.1. The second-order valence-electron chi connectivity index (χ2n) is 7.57. The fraction of sp³-hybridized carbons (Fsp3) is 0.600. The van der Waals surface area contributed by atoms with Gasteiger partial charge in [0, 0.05) is 11.6 Å². The highest BCUT2D eigenvalue weighted by molar-refractivity contribution is 5.94. The largest absolute Gasteiger partial charge is 0.494 e. The molecule has 2 atom stereocenters. The summed E-state index contributed by atoms with van der Waals surface area (Å²) in [6, 6.07) is 6.85. The number of carbonyl (C=O) groups excluding carboxylic acids is 2. The molecule has 1 fully saturated rings. The molecular weight excluding hydrogens is 332 g/mol. The molecule has 6 nitrogen and oxygen atoms in total. The van der Waals surface area contributed by atoms with E-state index in [0.29, 0.717) is 12.2 Å². The summed E-state index contributed by atoms with van der Waals surface area (Å²) in [5.74, 6) is 0.599. The first-order valence-electron chi connectivity index (χ1n) is 9.31. The molecule has 2 amide bonds. The maximum atomic E-state index is 12.5. The average molecular weight is 362 g/mol. The molecule has 2 N–H and O–H groups in total. The number of amides is 2. The van der Waals surface area contributed by atoms with Gasteiger partial charge in [0.05, 0.1) is 12.6 Å². The van der Waals surface area contributed by atoms with Crippen molar-refractivity contribution in [3.63, 3.8) is 0 Å². The second-order valence-corrected chi connectivity index (χ2v) is 7.57. The SMILES string of the molecule is CCOc1ccc(C(=O)NC2CCCCC2NC(=O)OC(C)(C)C)cc1. The third-order valence-corrected chi connectivity index (χ3v) is 4.21. The number of benzene rings is 1. The van der Waals surface area contributed by atoms with Crippen LogP contribution in [0, 0.1) is 0 Å². The van der Waals surface area contributed by atoms with Gasteiger partial charge < -0.3 is 20.1 Å². The number of alkyl carbamates (subject to hydrolysis) is 1. The predicted molar refractivity (Wildman–Crippen MR) is 100 cm³/mol. The van der Waals surface area contributed by atoms with Crippen molar-refractivity contribution in [2.45, 2.75) is 71.1 Å². The Bertz CT molecular complexity index is 607. The molecule has 1 aliphatic carbocycles. The first-order valence-corrected chi connectivity index (χ1v) is 9.31. The summed E-state index contributed by atoms with van der Waals surface area (Å²) in [4.78, 5) is 24.6. The van der Waals surface area contributed by atoms with Crippen LogP contribution in [0.4, 0.5) is 4.79 Å². The molecular formula is C20H30N2O4.